The Balaban J connectivity index is 1.13. The smallest absolute Gasteiger partial charge is 0.192 e. The summed E-state index contributed by atoms with van der Waals surface area (Å²) in [6.45, 7) is 2.95. The summed E-state index contributed by atoms with van der Waals surface area (Å²) in [6.07, 6.45) is 17.8. The van der Waals surface area contributed by atoms with E-state index in [0.29, 0.717) is 18.0 Å². The van der Waals surface area contributed by atoms with Gasteiger partial charge in [0.15, 0.2) is 7.28 Å². The van der Waals surface area contributed by atoms with Gasteiger partial charge in [-0.3, -0.25) is 4.90 Å². The van der Waals surface area contributed by atoms with Crippen molar-refractivity contribution in [2.24, 2.45) is 0 Å². The van der Waals surface area contributed by atoms with E-state index in [1.807, 2.05) is 0 Å². The molecule has 1 saturated carbocycles. The number of benzene rings is 3. The first-order chi connectivity index (χ1) is 20.8. The van der Waals surface area contributed by atoms with Crippen LogP contribution in [0.4, 0.5) is 5.69 Å². The maximum absolute atomic E-state index is 6.64. The highest BCUT2D eigenvalue weighted by Crippen LogP contribution is 2.33. The van der Waals surface area contributed by atoms with E-state index in [1.165, 1.54) is 111 Å². The Bertz CT molecular complexity index is 1190. The molecule has 2 aliphatic heterocycles. The summed E-state index contributed by atoms with van der Waals surface area (Å²) in [5.74, 6) is 0.303. The fraction of sp³-hybridized carbons (Fsp3) is 0.526. The van der Waals surface area contributed by atoms with Crippen LogP contribution in [0.25, 0.3) is 0 Å². The Hall–Kier alpha value is -2.56. The molecule has 1 N–H and O–H groups in total. The molecule has 3 unspecified atom stereocenters. The average Bonchev–Trinajstić information content (AvgIpc) is 3.04. The number of hydrogen-bond acceptors (Lipinski definition) is 3. The van der Waals surface area contributed by atoms with Crippen molar-refractivity contribution in [3.8, 4) is 0 Å². The van der Waals surface area contributed by atoms with Crippen molar-refractivity contribution < 1.29 is 4.74 Å². The van der Waals surface area contributed by atoms with E-state index in [9.17, 15) is 0 Å². The normalized spacial score (nSPS) is 25.2. The van der Waals surface area contributed by atoms with Gasteiger partial charge < -0.3 is 10.1 Å². The average molecular weight is 562 g/mol. The van der Waals surface area contributed by atoms with Crippen LogP contribution in [0, 0.1) is 0 Å². The molecule has 42 heavy (non-hydrogen) atoms. The second-order valence-corrected chi connectivity index (χ2v) is 13.0. The highest BCUT2D eigenvalue weighted by atomic mass is 16.5. The van der Waals surface area contributed by atoms with E-state index >= 15 is 0 Å². The predicted octanol–water partition coefficient (Wildman–Crippen LogP) is 7.42. The van der Waals surface area contributed by atoms with Gasteiger partial charge in [-0.05, 0) is 48.9 Å². The molecule has 3 aromatic carbocycles. The third-order valence-corrected chi connectivity index (χ3v) is 10.1. The van der Waals surface area contributed by atoms with Gasteiger partial charge in [-0.15, -0.1) is 0 Å². The Morgan fingerprint density at radius 3 is 1.86 bits per heavy atom. The largest absolute Gasteiger partial charge is 0.382 e. The molecule has 0 bridgehead atoms. The molecule has 1 aliphatic carbocycles. The highest BCUT2D eigenvalue weighted by molar-refractivity contribution is 6.69. The standard InChI is InChI=1S/C38H50BN2O/c1-2-4-7-17-31(40-30-18-8-6-9-19-30)20-11-12-22-32(21-10-5-3-1)41-27-28-42-37(29-41)38-33-23-13-15-25-35(33)39-36-26-16-14-24-34(36)38/h6,8-9,13-16,18-19,23-26,31-32,37-38,40H,1-5,7,10-12,17,20-22,27-29H2. The Labute approximate surface area is 255 Å². The monoisotopic (exact) mass is 561 g/mol. The quantitative estimate of drug-likeness (QED) is 0.336. The summed E-state index contributed by atoms with van der Waals surface area (Å²) in [6, 6.07) is 30.1. The minimum Gasteiger partial charge on any atom is -0.382 e. The first kappa shape index (κ1) is 29.5. The van der Waals surface area contributed by atoms with Crippen molar-refractivity contribution in [3.05, 3.63) is 90.0 Å². The van der Waals surface area contributed by atoms with Crippen molar-refractivity contribution in [3.63, 3.8) is 0 Å². The Kier molecular flexibility index (Phi) is 10.7. The first-order valence-electron chi connectivity index (χ1n) is 17.0. The molecule has 4 heteroatoms. The summed E-state index contributed by atoms with van der Waals surface area (Å²) in [4.78, 5) is 2.83. The van der Waals surface area contributed by atoms with Gasteiger partial charge in [0, 0.05) is 36.8 Å². The summed E-state index contributed by atoms with van der Waals surface area (Å²) in [5.41, 5.74) is 6.86. The van der Waals surface area contributed by atoms with E-state index in [0.717, 1.165) is 19.7 Å². The van der Waals surface area contributed by atoms with Crippen LogP contribution in [0.3, 0.4) is 0 Å². The number of nitrogens with one attached hydrogen (secondary N) is 1. The number of anilines is 1. The third-order valence-electron chi connectivity index (χ3n) is 10.1. The van der Waals surface area contributed by atoms with Gasteiger partial charge in [0.1, 0.15) is 0 Å². The van der Waals surface area contributed by atoms with Crippen LogP contribution in [0.1, 0.15) is 101 Å². The molecule has 2 fully saturated rings. The van der Waals surface area contributed by atoms with E-state index in [-0.39, 0.29) is 6.10 Å². The van der Waals surface area contributed by atoms with Crippen LogP contribution in [0.2, 0.25) is 0 Å². The summed E-state index contributed by atoms with van der Waals surface area (Å²) in [7, 11) is 2.36. The molecule has 0 amide bonds. The lowest BCUT2D eigenvalue weighted by molar-refractivity contribution is -0.0526. The molecule has 0 spiro atoms. The molecule has 3 aromatic rings. The van der Waals surface area contributed by atoms with Crippen LogP contribution in [0.5, 0.6) is 0 Å². The minimum atomic E-state index is 0.200. The van der Waals surface area contributed by atoms with Crippen molar-refractivity contribution in [1.29, 1.82) is 0 Å². The lowest BCUT2D eigenvalue weighted by Crippen LogP contribution is -2.52. The fourth-order valence-electron chi connectivity index (χ4n) is 7.81. The van der Waals surface area contributed by atoms with Crippen LogP contribution in [-0.4, -0.2) is 50.1 Å². The van der Waals surface area contributed by atoms with E-state index in [2.05, 4.69) is 96.4 Å². The molecule has 1 saturated heterocycles. The number of fused-ring (bicyclic) bond motifs is 2. The predicted molar refractivity (Wildman–Crippen MR) is 179 cm³/mol. The zero-order valence-corrected chi connectivity index (χ0v) is 25.6. The zero-order chi connectivity index (χ0) is 28.4. The number of morpholine rings is 1. The minimum absolute atomic E-state index is 0.200. The molecule has 0 aromatic heterocycles. The van der Waals surface area contributed by atoms with Crippen LogP contribution < -0.4 is 16.2 Å². The van der Waals surface area contributed by atoms with Crippen molar-refractivity contribution in [2.45, 2.75) is 108 Å². The highest BCUT2D eigenvalue weighted by Gasteiger charge is 2.36. The van der Waals surface area contributed by atoms with Crippen molar-refractivity contribution >= 4 is 23.9 Å². The van der Waals surface area contributed by atoms with E-state index in [1.54, 1.807) is 0 Å². The summed E-state index contributed by atoms with van der Waals surface area (Å²) >= 11 is 0. The molecule has 2 heterocycles. The third kappa shape index (κ3) is 7.69. The van der Waals surface area contributed by atoms with E-state index < -0.39 is 0 Å². The molecule has 3 atom stereocenters. The molecule has 221 valence electrons. The van der Waals surface area contributed by atoms with Gasteiger partial charge in [0.2, 0.25) is 0 Å². The van der Waals surface area contributed by atoms with Gasteiger partial charge >= 0.3 is 0 Å². The lowest BCUT2D eigenvalue weighted by atomic mass is 9.53. The van der Waals surface area contributed by atoms with Crippen molar-refractivity contribution in [1.82, 2.24) is 4.90 Å². The summed E-state index contributed by atoms with van der Waals surface area (Å²) in [5, 5.41) is 3.88. The number of nitrogens with zero attached hydrogens (tertiary/aromatic N) is 1. The maximum Gasteiger partial charge on any atom is 0.192 e. The summed E-state index contributed by atoms with van der Waals surface area (Å²) < 4.78 is 6.64. The van der Waals surface area contributed by atoms with E-state index in [4.69, 9.17) is 4.74 Å². The topological polar surface area (TPSA) is 24.5 Å². The Morgan fingerprint density at radius 2 is 1.17 bits per heavy atom. The van der Waals surface area contributed by atoms with Gasteiger partial charge in [0.05, 0.1) is 12.7 Å². The number of para-hydroxylation sites is 1. The SMILES string of the molecule is [B]1c2ccccc2C(C2CN(C3CCCCCCCCCC(Nc4ccccc4)CCCC3)CCO2)c2ccccc21. The Morgan fingerprint density at radius 1 is 0.619 bits per heavy atom. The van der Waals surface area contributed by atoms with Gasteiger partial charge in [-0.25, -0.2) is 0 Å². The van der Waals surface area contributed by atoms with Gasteiger partial charge in [0.25, 0.3) is 0 Å². The maximum atomic E-state index is 6.64. The first-order valence-corrected chi connectivity index (χ1v) is 17.0. The second kappa shape index (κ2) is 15.3. The molecule has 3 aliphatic rings. The van der Waals surface area contributed by atoms with Crippen molar-refractivity contribution in [2.75, 3.05) is 25.0 Å². The fourth-order valence-corrected chi connectivity index (χ4v) is 7.81. The number of hydrogen-bond donors (Lipinski definition) is 1. The second-order valence-electron chi connectivity index (χ2n) is 13.0. The lowest BCUT2D eigenvalue weighted by Gasteiger charge is -2.43. The molecule has 3 nitrogen and oxygen atoms in total. The molecule has 1 radical (unpaired) electrons. The zero-order valence-electron chi connectivity index (χ0n) is 25.6. The molecular formula is C38H50BN2O. The number of rotatable bonds is 4. The molecule has 6 rings (SSSR count). The number of ether oxygens (including phenoxy) is 1. The molecular weight excluding hydrogens is 511 g/mol. The van der Waals surface area contributed by atoms with Gasteiger partial charge in [-0.2, -0.15) is 0 Å². The van der Waals surface area contributed by atoms with Gasteiger partial charge in [-0.1, -0.05) is 135 Å². The van der Waals surface area contributed by atoms with Crippen LogP contribution in [0.15, 0.2) is 78.9 Å². The van der Waals surface area contributed by atoms with Crippen LogP contribution in [-0.2, 0) is 4.74 Å². The van der Waals surface area contributed by atoms with Crippen LogP contribution >= 0.6 is 0 Å².